The Morgan fingerprint density at radius 2 is 1.47 bits per heavy atom. The number of fused-ring (bicyclic) bond motifs is 2. The van der Waals surface area contributed by atoms with Crippen LogP contribution in [0.25, 0.3) is 0 Å². The molecule has 1 saturated heterocycles. The van der Waals surface area contributed by atoms with Gasteiger partial charge in [-0.2, -0.15) is 0 Å². The zero-order valence-corrected chi connectivity index (χ0v) is 30.4. The van der Waals surface area contributed by atoms with Crippen LogP contribution >= 0.6 is 0 Å². The van der Waals surface area contributed by atoms with Crippen molar-refractivity contribution >= 4 is 24.8 Å². The highest BCUT2D eigenvalue weighted by molar-refractivity contribution is 5.88. The Morgan fingerprint density at radius 1 is 0.939 bits per heavy atom. The number of likely N-dealkylation sites (N-methyl/N-ethyl adjacent to an activating group) is 1. The van der Waals surface area contributed by atoms with E-state index in [2.05, 4.69) is 60.2 Å². The molecular weight excluding hydrogens is 620 g/mol. The van der Waals surface area contributed by atoms with E-state index in [4.69, 9.17) is 19.8 Å². The van der Waals surface area contributed by atoms with Crippen molar-refractivity contribution in [1.82, 2.24) is 9.80 Å². The van der Waals surface area contributed by atoms with Gasteiger partial charge in [-0.3, -0.25) is 9.59 Å². The monoisotopic (exact) mass is 678 g/mol. The largest absolute Gasteiger partial charge is 0.391 e. The van der Waals surface area contributed by atoms with Gasteiger partial charge in [0, 0.05) is 44.8 Å². The number of amides is 2. The molecule has 0 aliphatic carbocycles. The highest BCUT2D eigenvalue weighted by atomic mass is 16.5. The van der Waals surface area contributed by atoms with Crippen LogP contribution in [0.15, 0.2) is 78.9 Å². The average Bonchev–Trinajstić information content (AvgIpc) is 3.68. The van der Waals surface area contributed by atoms with Gasteiger partial charge in [-0.05, 0) is 68.9 Å². The molecule has 270 valence electrons. The average molecular weight is 679 g/mol. The number of carbonyl (C=O) groups excluding carboxylic acids is 3. The van der Waals surface area contributed by atoms with E-state index < -0.39 is 5.60 Å². The van der Waals surface area contributed by atoms with Gasteiger partial charge in [-0.1, -0.05) is 86.6 Å². The number of anilines is 1. The topological polar surface area (TPSA) is 137 Å². The minimum Gasteiger partial charge on any atom is -0.391 e. The van der Waals surface area contributed by atoms with E-state index >= 15 is 0 Å². The number of likely N-dealkylation sites (tertiary alicyclic amines) is 1. The van der Waals surface area contributed by atoms with E-state index in [9.17, 15) is 9.59 Å². The lowest BCUT2D eigenvalue weighted by Gasteiger charge is -2.29. The Labute approximate surface area is 293 Å². The zero-order valence-electron chi connectivity index (χ0n) is 30.4. The fraction of sp³-hybridized carbons (Fsp3) is 0.462. The van der Waals surface area contributed by atoms with Crippen molar-refractivity contribution < 1.29 is 29.4 Å². The number of aliphatic hydroxyl groups is 1. The van der Waals surface area contributed by atoms with Gasteiger partial charge in [0.15, 0.2) is 0 Å². The number of hydrogen-bond acceptors (Lipinski definition) is 8. The summed E-state index contributed by atoms with van der Waals surface area (Å²) in [7, 11) is 2.03. The Kier molecular flexibility index (Phi) is 19.7. The van der Waals surface area contributed by atoms with Crippen molar-refractivity contribution in [1.29, 1.82) is 0 Å². The smallest absolute Gasteiger partial charge is 0.245 e. The van der Waals surface area contributed by atoms with Gasteiger partial charge in [0.1, 0.15) is 12.8 Å². The van der Waals surface area contributed by atoms with Crippen LogP contribution in [0.3, 0.4) is 0 Å². The van der Waals surface area contributed by atoms with Crippen molar-refractivity contribution in [2.24, 2.45) is 5.90 Å². The molecule has 1 fully saturated rings. The van der Waals surface area contributed by atoms with Crippen LogP contribution in [0.4, 0.5) is 5.69 Å². The summed E-state index contributed by atoms with van der Waals surface area (Å²) in [6, 6.07) is 26.9. The Hall–Kier alpha value is -4.09. The molecule has 3 aromatic carbocycles. The summed E-state index contributed by atoms with van der Waals surface area (Å²) in [5, 5.41) is 15.0. The molecule has 49 heavy (non-hydrogen) atoms. The van der Waals surface area contributed by atoms with Crippen LogP contribution in [0, 0.1) is 0 Å². The van der Waals surface area contributed by atoms with Crippen LogP contribution in [0.5, 0.6) is 0 Å². The summed E-state index contributed by atoms with van der Waals surface area (Å²) in [6.45, 7) is 16.3. The SMILES string of the molecule is C=O.CC.CC(C)(C)O.C[C@H]1C[C@@H](OCc2ccccc2)CN1C(=O)[C@H]1Cc2ccccc2N1C.NO.O=CN1CCc2ccccc2C1. The van der Waals surface area contributed by atoms with Crippen LogP contribution in [0.1, 0.15) is 70.2 Å². The molecule has 0 bridgehead atoms. The van der Waals surface area contributed by atoms with E-state index in [0.29, 0.717) is 13.2 Å². The molecule has 3 aromatic rings. The van der Waals surface area contributed by atoms with Crippen molar-refractivity contribution in [2.75, 3.05) is 25.0 Å². The molecular formula is C39H58N4O6. The summed E-state index contributed by atoms with van der Waals surface area (Å²) in [5.41, 5.74) is 5.79. The molecule has 0 aromatic heterocycles. The number of hydrogen-bond donors (Lipinski definition) is 3. The van der Waals surface area contributed by atoms with Crippen molar-refractivity contribution in [3.8, 4) is 0 Å². The first kappa shape index (κ1) is 42.9. The number of benzene rings is 3. The summed E-state index contributed by atoms with van der Waals surface area (Å²) in [6.07, 6.45) is 3.74. The number of ether oxygens (including phenoxy) is 1. The highest BCUT2D eigenvalue weighted by Gasteiger charge is 2.40. The van der Waals surface area contributed by atoms with Crippen LogP contribution < -0.4 is 10.8 Å². The predicted molar refractivity (Wildman–Crippen MR) is 196 cm³/mol. The molecule has 3 aliphatic rings. The molecule has 2 amide bonds. The summed E-state index contributed by atoms with van der Waals surface area (Å²) in [5.74, 6) is 3.72. The molecule has 3 aliphatic heterocycles. The Bertz CT molecular complexity index is 1360. The molecule has 0 radical (unpaired) electrons. The van der Waals surface area contributed by atoms with Gasteiger partial charge in [-0.25, -0.2) is 5.90 Å². The lowest BCUT2D eigenvalue weighted by atomic mass is 10.0. The second-order valence-electron chi connectivity index (χ2n) is 12.7. The lowest BCUT2D eigenvalue weighted by Crippen LogP contribution is -2.47. The molecule has 3 atom stereocenters. The van der Waals surface area contributed by atoms with E-state index in [0.717, 1.165) is 38.8 Å². The third-order valence-electron chi connectivity index (χ3n) is 7.99. The molecule has 0 saturated carbocycles. The van der Waals surface area contributed by atoms with Gasteiger partial charge in [0.05, 0.1) is 18.3 Å². The van der Waals surface area contributed by atoms with E-state index in [1.54, 1.807) is 20.8 Å². The maximum absolute atomic E-state index is 13.2. The van der Waals surface area contributed by atoms with Gasteiger partial charge in [0.2, 0.25) is 12.3 Å². The third-order valence-corrected chi connectivity index (χ3v) is 7.99. The third kappa shape index (κ3) is 14.1. The molecule has 0 spiro atoms. The van der Waals surface area contributed by atoms with Gasteiger partial charge in [0.25, 0.3) is 0 Å². The Balaban J connectivity index is 0.000000433. The second-order valence-corrected chi connectivity index (χ2v) is 12.7. The van der Waals surface area contributed by atoms with E-state index in [1.165, 1.54) is 27.9 Å². The number of nitrogens with two attached hydrogens (primary N) is 1. The summed E-state index contributed by atoms with van der Waals surface area (Å²) < 4.78 is 6.08. The molecule has 0 unspecified atom stereocenters. The van der Waals surface area contributed by atoms with Crippen molar-refractivity contribution in [3.05, 3.63) is 101 Å². The first-order chi connectivity index (χ1) is 23.5. The Morgan fingerprint density at radius 3 is 2.04 bits per heavy atom. The molecule has 6 rings (SSSR count). The molecule has 10 heteroatoms. The molecule has 3 heterocycles. The van der Waals surface area contributed by atoms with Crippen molar-refractivity contribution in [2.45, 2.75) is 97.7 Å². The predicted octanol–water partition coefficient (Wildman–Crippen LogP) is 5.41. The maximum atomic E-state index is 13.2. The maximum Gasteiger partial charge on any atom is 0.245 e. The second kappa shape index (κ2) is 22.5. The standard InChI is InChI=1S/C22H26N2O2.C10H11NO.C4H10O.C2H6.CH2O.H3NO/c1-16-12-19(26-15-17-8-4-3-5-9-17)14-24(16)22(25)21-13-18-10-6-7-11-20(18)23(21)2;12-8-11-6-5-9-3-1-2-4-10(9)7-11;1-4(2,3)5;3*1-2/h3-11,16,19,21H,12-15H2,1-2H3;1-4,8H,5-7H2;5H,1-3H3;1-2H3;1H2;2H,1H2/t16-,19+,21+;;;;;/m0...../s1. The number of nitrogens with zero attached hydrogens (tertiary/aromatic N) is 3. The van der Waals surface area contributed by atoms with Crippen LogP contribution in [-0.4, -0.2) is 83.1 Å². The molecule has 4 N–H and O–H groups in total. The number of rotatable bonds is 5. The van der Waals surface area contributed by atoms with Crippen molar-refractivity contribution in [3.63, 3.8) is 0 Å². The normalized spacial score (nSPS) is 18.5. The van der Waals surface area contributed by atoms with E-state index in [1.807, 2.05) is 73.9 Å². The van der Waals surface area contributed by atoms with Gasteiger partial charge >= 0.3 is 0 Å². The van der Waals surface area contributed by atoms with Crippen LogP contribution in [-0.2, 0) is 45.1 Å². The van der Waals surface area contributed by atoms with E-state index in [-0.39, 0.29) is 24.1 Å². The number of carbonyl (C=O) groups is 3. The minimum atomic E-state index is -0.500. The van der Waals surface area contributed by atoms with Gasteiger partial charge in [-0.15, -0.1) is 0 Å². The lowest BCUT2D eigenvalue weighted by molar-refractivity contribution is -0.133. The van der Waals surface area contributed by atoms with Crippen LogP contribution in [0.2, 0.25) is 0 Å². The molecule has 10 nitrogen and oxygen atoms in total. The van der Waals surface area contributed by atoms with Gasteiger partial charge < -0.3 is 34.5 Å². The minimum absolute atomic E-state index is 0.0947. The highest BCUT2D eigenvalue weighted by Crippen LogP contribution is 2.33. The fourth-order valence-electron chi connectivity index (χ4n) is 5.79. The summed E-state index contributed by atoms with van der Waals surface area (Å²) >= 11 is 0. The number of para-hydroxylation sites is 1. The zero-order chi connectivity index (χ0) is 37.0. The fourth-order valence-corrected chi connectivity index (χ4v) is 5.79. The summed E-state index contributed by atoms with van der Waals surface area (Å²) in [4.78, 5) is 37.6. The quantitative estimate of drug-likeness (QED) is 0.241. The first-order valence-electron chi connectivity index (χ1n) is 16.8. The first-order valence-corrected chi connectivity index (χ1v) is 16.8.